The van der Waals surface area contributed by atoms with Crippen LogP contribution in [0.3, 0.4) is 0 Å². The molecule has 0 aliphatic heterocycles. The predicted octanol–water partition coefficient (Wildman–Crippen LogP) is 3.27. The summed E-state index contributed by atoms with van der Waals surface area (Å²) in [6.07, 6.45) is -4.41. The summed E-state index contributed by atoms with van der Waals surface area (Å²) in [7, 11) is 0. The van der Waals surface area contributed by atoms with Gasteiger partial charge in [-0.1, -0.05) is 15.9 Å². The predicted molar refractivity (Wildman–Crippen MR) is 49.8 cm³/mol. The van der Waals surface area contributed by atoms with E-state index in [1.165, 1.54) is 6.07 Å². The van der Waals surface area contributed by atoms with Crippen LogP contribution in [0, 0.1) is 6.92 Å². The second kappa shape index (κ2) is 3.90. The Morgan fingerprint density at radius 3 is 2.36 bits per heavy atom. The van der Waals surface area contributed by atoms with Crippen LogP contribution < -0.4 is 0 Å². The molecule has 1 aromatic rings. The van der Waals surface area contributed by atoms with Gasteiger partial charge in [-0.05, 0) is 30.2 Å². The maximum absolute atomic E-state index is 12.4. The highest BCUT2D eigenvalue weighted by molar-refractivity contribution is 9.10. The molecule has 0 saturated carbocycles. The van der Waals surface area contributed by atoms with Crippen LogP contribution in [0.25, 0.3) is 0 Å². The molecule has 1 N–H and O–H groups in total. The molecule has 14 heavy (non-hydrogen) atoms. The van der Waals surface area contributed by atoms with E-state index in [4.69, 9.17) is 5.11 Å². The quantitative estimate of drug-likeness (QED) is 0.829. The van der Waals surface area contributed by atoms with E-state index >= 15 is 0 Å². The van der Waals surface area contributed by atoms with Gasteiger partial charge in [0.05, 0.1) is 12.2 Å². The van der Waals surface area contributed by atoms with Gasteiger partial charge in [0.25, 0.3) is 0 Å². The van der Waals surface area contributed by atoms with Gasteiger partial charge in [-0.2, -0.15) is 13.2 Å². The molecule has 0 unspecified atom stereocenters. The Hall–Kier alpha value is -0.550. The molecule has 0 aromatic heterocycles. The Balaban J connectivity index is 3.35. The summed E-state index contributed by atoms with van der Waals surface area (Å²) in [6, 6.07) is 2.31. The molecule has 1 rings (SSSR count). The molecule has 0 radical (unpaired) electrons. The minimum absolute atomic E-state index is 0.116. The Morgan fingerprint density at radius 2 is 1.93 bits per heavy atom. The normalized spacial score (nSPS) is 11.9. The Kier molecular flexibility index (Phi) is 3.21. The number of rotatable bonds is 1. The highest BCUT2D eigenvalue weighted by atomic mass is 79.9. The SMILES string of the molecule is Cc1cc(C(F)(F)F)c(CO)cc1Br. The van der Waals surface area contributed by atoms with Crippen molar-refractivity contribution in [3.05, 3.63) is 33.3 Å². The molecular formula is C9H8BrF3O. The van der Waals surface area contributed by atoms with E-state index in [0.29, 0.717) is 10.0 Å². The van der Waals surface area contributed by atoms with Crippen LogP contribution >= 0.6 is 15.9 Å². The maximum Gasteiger partial charge on any atom is 0.416 e. The van der Waals surface area contributed by atoms with Crippen molar-refractivity contribution in [3.8, 4) is 0 Å². The first kappa shape index (κ1) is 11.5. The minimum Gasteiger partial charge on any atom is -0.392 e. The van der Waals surface area contributed by atoms with Gasteiger partial charge in [0.2, 0.25) is 0 Å². The lowest BCUT2D eigenvalue weighted by atomic mass is 10.0. The minimum atomic E-state index is -4.41. The molecule has 0 aliphatic carbocycles. The largest absolute Gasteiger partial charge is 0.416 e. The first-order valence-electron chi connectivity index (χ1n) is 3.83. The lowest BCUT2D eigenvalue weighted by molar-refractivity contribution is -0.138. The monoisotopic (exact) mass is 268 g/mol. The number of benzene rings is 1. The van der Waals surface area contributed by atoms with Crippen LogP contribution in [-0.4, -0.2) is 5.11 Å². The summed E-state index contributed by atoms with van der Waals surface area (Å²) < 4.78 is 37.8. The van der Waals surface area contributed by atoms with Crippen LogP contribution in [0.4, 0.5) is 13.2 Å². The summed E-state index contributed by atoms with van der Waals surface area (Å²) in [5.74, 6) is 0. The first-order chi connectivity index (χ1) is 6.36. The highest BCUT2D eigenvalue weighted by Crippen LogP contribution is 2.34. The topological polar surface area (TPSA) is 20.2 Å². The lowest BCUT2D eigenvalue weighted by Gasteiger charge is -2.13. The molecule has 0 bridgehead atoms. The van der Waals surface area contributed by atoms with E-state index in [1.807, 2.05) is 0 Å². The molecular weight excluding hydrogens is 261 g/mol. The second-order valence-electron chi connectivity index (χ2n) is 2.91. The number of hydrogen-bond acceptors (Lipinski definition) is 1. The highest BCUT2D eigenvalue weighted by Gasteiger charge is 2.33. The van der Waals surface area contributed by atoms with Crippen LogP contribution in [-0.2, 0) is 12.8 Å². The molecule has 1 nitrogen and oxygen atoms in total. The Morgan fingerprint density at radius 1 is 1.36 bits per heavy atom. The molecule has 0 heterocycles. The van der Waals surface area contributed by atoms with Gasteiger partial charge in [-0.3, -0.25) is 0 Å². The molecule has 0 spiro atoms. The number of alkyl halides is 3. The van der Waals surface area contributed by atoms with Gasteiger partial charge in [0.1, 0.15) is 0 Å². The van der Waals surface area contributed by atoms with Gasteiger partial charge in [-0.15, -0.1) is 0 Å². The van der Waals surface area contributed by atoms with Crippen LogP contribution in [0.5, 0.6) is 0 Å². The zero-order valence-corrected chi connectivity index (χ0v) is 8.91. The van der Waals surface area contributed by atoms with Crippen molar-refractivity contribution in [2.75, 3.05) is 0 Å². The van der Waals surface area contributed by atoms with Crippen molar-refractivity contribution in [1.82, 2.24) is 0 Å². The van der Waals surface area contributed by atoms with Crippen molar-refractivity contribution >= 4 is 15.9 Å². The fourth-order valence-electron chi connectivity index (χ4n) is 1.12. The third-order valence-corrected chi connectivity index (χ3v) is 2.71. The standard InChI is InChI=1S/C9H8BrF3O/c1-5-2-7(9(11,12)13)6(4-14)3-8(5)10/h2-3,14H,4H2,1H3. The summed E-state index contributed by atoms with van der Waals surface area (Å²) >= 11 is 3.11. The van der Waals surface area contributed by atoms with Crippen molar-refractivity contribution in [2.24, 2.45) is 0 Å². The van der Waals surface area contributed by atoms with Gasteiger partial charge in [0.15, 0.2) is 0 Å². The summed E-state index contributed by atoms with van der Waals surface area (Å²) in [5, 5.41) is 8.78. The number of aliphatic hydroxyl groups is 1. The number of hydrogen-bond donors (Lipinski definition) is 1. The smallest absolute Gasteiger partial charge is 0.392 e. The van der Waals surface area contributed by atoms with Crippen molar-refractivity contribution in [2.45, 2.75) is 19.7 Å². The summed E-state index contributed by atoms with van der Waals surface area (Å²) in [6.45, 7) is 0.953. The van der Waals surface area contributed by atoms with E-state index in [1.54, 1.807) is 6.92 Å². The first-order valence-corrected chi connectivity index (χ1v) is 4.62. The third kappa shape index (κ3) is 2.27. The molecule has 0 amide bonds. The fraction of sp³-hybridized carbons (Fsp3) is 0.333. The zero-order chi connectivity index (χ0) is 10.9. The molecule has 78 valence electrons. The number of aryl methyl sites for hydroxylation is 1. The van der Waals surface area contributed by atoms with E-state index in [9.17, 15) is 13.2 Å². The van der Waals surface area contributed by atoms with Crippen LogP contribution in [0.1, 0.15) is 16.7 Å². The Labute approximate surface area is 87.7 Å². The van der Waals surface area contributed by atoms with Gasteiger partial charge >= 0.3 is 6.18 Å². The van der Waals surface area contributed by atoms with Gasteiger partial charge < -0.3 is 5.11 Å². The average Bonchev–Trinajstić information content (AvgIpc) is 2.07. The fourth-order valence-corrected chi connectivity index (χ4v) is 1.51. The molecule has 0 aliphatic rings. The molecule has 5 heteroatoms. The number of halogens is 4. The second-order valence-corrected chi connectivity index (χ2v) is 3.77. The molecule has 1 aromatic carbocycles. The van der Waals surface area contributed by atoms with E-state index in [2.05, 4.69) is 15.9 Å². The van der Waals surface area contributed by atoms with E-state index < -0.39 is 18.3 Å². The van der Waals surface area contributed by atoms with Crippen LogP contribution in [0.2, 0.25) is 0 Å². The average molecular weight is 269 g/mol. The summed E-state index contributed by atoms with van der Waals surface area (Å²) in [4.78, 5) is 0. The lowest BCUT2D eigenvalue weighted by Crippen LogP contribution is -2.09. The third-order valence-electron chi connectivity index (χ3n) is 1.86. The molecule has 0 saturated heterocycles. The van der Waals surface area contributed by atoms with E-state index in [0.717, 1.165) is 6.07 Å². The number of aliphatic hydroxyl groups excluding tert-OH is 1. The van der Waals surface area contributed by atoms with Crippen molar-refractivity contribution in [3.63, 3.8) is 0 Å². The van der Waals surface area contributed by atoms with Crippen molar-refractivity contribution in [1.29, 1.82) is 0 Å². The summed E-state index contributed by atoms with van der Waals surface area (Å²) in [5.41, 5.74) is -0.398. The van der Waals surface area contributed by atoms with Crippen molar-refractivity contribution < 1.29 is 18.3 Å². The van der Waals surface area contributed by atoms with E-state index in [-0.39, 0.29) is 5.56 Å². The molecule has 0 fully saturated rings. The Bertz CT molecular complexity index is 347. The zero-order valence-electron chi connectivity index (χ0n) is 7.32. The van der Waals surface area contributed by atoms with Gasteiger partial charge in [-0.25, -0.2) is 0 Å². The maximum atomic E-state index is 12.4. The van der Waals surface area contributed by atoms with Gasteiger partial charge in [0, 0.05) is 4.47 Å². The van der Waals surface area contributed by atoms with Crippen LogP contribution in [0.15, 0.2) is 16.6 Å². The molecule has 0 atom stereocenters.